The smallest absolute Gasteiger partial charge is 0.236 e. The average molecular weight is 355 g/mol. The van der Waals surface area contributed by atoms with Crippen molar-refractivity contribution in [1.29, 1.82) is 0 Å². The lowest BCUT2D eigenvalue weighted by atomic mass is 9.99. The zero-order valence-corrected chi connectivity index (χ0v) is 15.8. The molecule has 0 unspecified atom stereocenters. The number of hydrogen-bond acceptors (Lipinski definition) is 4. The van der Waals surface area contributed by atoms with E-state index in [4.69, 9.17) is 0 Å². The van der Waals surface area contributed by atoms with E-state index in [-0.39, 0.29) is 5.91 Å². The van der Waals surface area contributed by atoms with Crippen molar-refractivity contribution in [1.82, 2.24) is 24.3 Å². The van der Waals surface area contributed by atoms with Gasteiger partial charge in [-0.1, -0.05) is 0 Å². The summed E-state index contributed by atoms with van der Waals surface area (Å²) in [6.07, 6.45) is 11.9. The number of amides is 1. The number of carbonyl (C=O) groups is 1. The van der Waals surface area contributed by atoms with Crippen LogP contribution in [0, 0.1) is 6.92 Å². The molecule has 6 nitrogen and oxygen atoms in total. The third-order valence-corrected chi connectivity index (χ3v) is 5.18. The monoisotopic (exact) mass is 355 g/mol. The number of pyridine rings is 1. The van der Waals surface area contributed by atoms with Crippen LogP contribution in [0.4, 0.5) is 0 Å². The predicted molar refractivity (Wildman–Crippen MR) is 102 cm³/mol. The molecule has 0 aliphatic carbocycles. The first-order valence-electron chi connectivity index (χ1n) is 9.48. The largest absolute Gasteiger partial charge is 0.339 e. The number of rotatable bonds is 7. The molecule has 0 saturated carbocycles. The third-order valence-electron chi connectivity index (χ3n) is 5.18. The maximum absolute atomic E-state index is 12.9. The van der Waals surface area contributed by atoms with E-state index < -0.39 is 0 Å². The van der Waals surface area contributed by atoms with Crippen LogP contribution in [0.2, 0.25) is 0 Å². The Labute approximate surface area is 155 Å². The number of imidazole rings is 1. The molecule has 1 atom stereocenters. The number of likely N-dealkylation sites (N-methyl/N-ethyl adjacent to an activating group) is 1. The zero-order valence-electron chi connectivity index (χ0n) is 15.8. The van der Waals surface area contributed by atoms with Gasteiger partial charge in [-0.25, -0.2) is 4.98 Å². The van der Waals surface area contributed by atoms with Crippen molar-refractivity contribution in [2.45, 2.75) is 51.7 Å². The molecular formula is C20H29N5O. The van der Waals surface area contributed by atoms with Crippen LogP contribution in [-0.2, 0) is 17.9 Å². The summed E-state index contributed by atoms with van der Waals surface area (Å²) >= 11 is 0. The molecule has 1 saturated heterocycles. The Morgan fingerprint density at radius 2 is 2.08 bits per heavy atom. The molecular weight excluding hydrogens is 326 g/mol. The second-order valence-corrected chi connectivity index (χ2v) is 7.22. The number of nitrogens with zero attached hydrogens (tertiary/aromatic N) is 5. The van der Waals surface area contributed by atoms with Crippen molar-refractivity contribution in [2.75, 3.05) is 20.1 Å². The van der Waals surface area contributed by atoms with Gasteiger partial charge >= 0.3 is 0 Å². The second-order valence-electron chi connectivity index (χ2n) is 7.22. The van der Waals surface area contributed by atoms with Crippen LogP contribution < -0.4 is 0 Å². The highest BCUT2D eigenvalue weighted by molar-refractivity contribution is 5.78. The van der Waals surface area contributed by atoms with E-state index in [1.54, 1.807) is 12.4 Å². The molecule has 6 heteroatoms. The van der Waals surface area contributed by atoms with E-state index >= 15 is 0 Å². The highest BCUT2D eigenvalue weighted by Crippen LogP contribution is 2.21. The second kappa shape index (κ2) is 8.94. The van der Waals surface area contributed by atoms with Gasteiger partial charge in [-0.05, 0) is 57.4 Å². The fourth-order valence-corrected chi connectivity index (χ4v) is 3.73. The van der Waals surface area contributed by atoms with E-state index in [1.807, 2.05) is 38.5 Å². The van der Waals surface area contributed by atoms with Gasteiger partial charge in [0, 0.05) is 50.5 Å². The Balaban J connectivity index is 1.54. The summed E-state index contributed by atoms with van der Waals surface area (Å²) in [5.74, 6) is 1.28. The molecule has 1 amide bonds. The molecule has 0 radical (unpaired) electrons. The van der Waals surface area contributed by atoms with Crippen molar-refractivity contribution < 1.29 is 4.79 Å². The van der Waals surface area contributed by atoms with Crippen molar-refractivity contribution >= 4 is 5.91 Å². The molecule has 1 fully saturated rings. The van der Waals surface area contributed by atoms with E-state index in [0.717, 1.165) is 44.7 Å². The average Bonchev–Trinajstić information content (AvgIpc) is 3.06. The van der Waals surface area contributed by atoms with Gasteiger partial charge in [-0.15, -0.1) is 0 Å². The minimum atomic E-state index is 0.244. The van der Waals surface area contributed by atoms with E-state index in [0.29, 0.717) is 12.6 Å². The van der Waals surface area contributed by atoms with E-state index in [2.05, 4.69) is 24.3 Å². The van der Waals surface area contributed by atoms with E-state index in [1.165, 1.54) is 12.0 Å². The van der Waals surface area contributed by atoms with Gasteiger partial charge < -0.3 is 9.47 Å². The molecule has 0 bridgehead atoms. The topological polar surface area (TPSA) is 54.3 Å². The van der Waals surface area contributed by atoms with Crippen LogP contribution >= 0.6 is 0 Å². The lowest BCUT2D eigenvalue weighted by Gasteiger charge is -2.37. The zero-order chi connectivity index (χ0) is 18.4. The Kier molecular flexibility index (Phi) is 6.39. The van der Waals surface area contributed by atoms with Gasteiger partial charge in [-0.2, -0.15) is 0 Å². The van der Waals surface area contributed by atoms with Crippen molar-refractivity contribution in [3.63, 3.8) is 0 Å². The number of likely N-dealkylation sites (tertiary alicyclic amines) is 1. The highest BCUT2D eigenvalue weighted by Gasteiger charge is 2.27. The summed E-state index contributed by atoms with van der Waals surface area (Å²) < 4.78 is 2.17. The summed E-state index contributed by atoms with van der Waals surface area (Å²) in [6.45, 7) is 5.06. The summed E-state index contributed by atoms with van der Waals surface area (Å²) in [5, 5.41) is 0. The fraction of sp³-hybridized carbons (Fsp3) is 0.550. The van der Waals surface area contributed by atoms with Crippen LogP contribution in [0.1, 0.15) is 37.1 Å². The molecule has 0 spiro atoms. The van der Waals surface area contributed by atoms with Crippen molar-refractivity contribution in [2.24, 2.45) is 0 Å². The van der Waals surface area contributed by atoms with Gasteiger partial charge in [0.15, 0.2) is 0 Å². The lowest BCUT2D eigenvalue weighted by Crippen LogP contribution is -2.47. The van der Waals surface area contributed by atoms with Gasteiger partial charge in [0.2, 0.25) is 5.91 Å². The number of hydrogen-bond donors (Lipinski definition) is 0. The minimum Gasteiger partial charge on any atom is -0.339 e. The summed E-state index contributed by atoms with van der Waals surface area (Å²) in [6, 6.07) is 4.34. The van der Waals surface area contributed by atoms with Gasteiger partial charge in [0.25, 0.3) is 0 Å². The maximum atomic E-state index is 12.9. The number of aryl methyl sites for hydroxylation is 2. The fourth-order valence-electron chi connectivity index (χ4n) is 3.73. The van der Waals surface area contributed by atoms with Gasteiger partial charge in [0.05, 0.1) is 6.54 Å². The highest BCUT2D eigenvalue weighted by atomic mass is 16.2. The van der Waals surface area contributed by atoms with Crippen molar-refractivity contribution in [3.8, 4) is 0 Å². The molecule has 1 aliphatic rings. The van der Waals surface area contributed by atoms with E-state index in [9.17, 15) is 4.79 Å². The first kappa shape index (κ1) is 18.6. The first-order valence-corrected chi connectivity index (χ1v) is 9.48. The van der Waals surface area contributed by atoms with Crippen LogP contribution in [-0.4, -0.2) is 56.4 Å². The quantitative estimate of drug-likeness (QED) is 0.766. The molecule has 0 aromatic carbocycles. The van der Waals surface area contributed by atoms with Crippen LogP contribution in [0.5, 0.6) is 0 Å². The molecule has 3 rings (SSSR count). The number of aromatic nitrogens is 3. The maximum Gasteiger partial charge on any atom is 0.236 e. The lowest BCUT2D eigenvalue weighted by molar-refractivity contribution is -0.136. The molecule has 3 heterocycles. The number of piperidine rings is 1. The van der Waals surface area contributed by atoms with Crippen LogP contribution in [0.3, 0.4) is 0 Å². The summed E-state index contributed by atoms with van der Waals surface area (Å²) in [4.78, 5) is 25.4. The molecule has 2 aromatic rings. The molecule has 26 heavy (non-hydrogen) atoms. The number of carbonyl (C=O) groups excluding carboxylic acids is 1. The van der Waals surface area contributed by atoms with Gasteiger partial charge in [0.1, 0.15) is 5.82 Å². The predicted octanol–water partition coefficient (Wildman–Crippen LogP) is 2.49. The molecule has 2 aromatic heterocycles. The van der Waals surface area contributed by atoms with Crippen molar-refractivity contribution in [3.05, 3.63) is 48.3 Å². The first-order chi connectivity index (χ1) is 12.6. The SMILES string of the molecule is Cc1nccn1CC[C@H]1CCCCN1C(=O)CN(C)Cc1ccncc1. The molecule has 140 valence electrons. The Hall–Kier alpha value is -2.21. The Morgan fingerprint density at radius 3 is 2.81 bits per heavy atom. The Bertz CT molecular complexity index is 699. The van der Waals surface area contributed by atoms with Gasteiger partial charge in [-0.3, -0.25) is 14.7 Å². The minimum absolute atomic E-state index is 0.244. The van der Waals surface area contributed by atoms with Crippen LogP contribution in [0.25, 0.3) is 0 Å². The normalized spacial score (nSPS) is 17.7. The standard InChI is InChI=1S/C20H29N5O/c1-17-22-11-14-24(17)13-8-19-5-3-4-12-25(19)20(26)16-23(2)15-18-6-9-21-10-7-18/h6-7,9-11,14,19H,3-5,8,12-13,15-16H2,1-2H3/t19-/m1/s1. The summed E-state index contributed by atoms with van der Waals surface area (Å²) in [7, 11) is 2.01. The van der Waals surface area contributed by atoms with Crippen LogP contribution in [0.15, 0.2) is 36.9 Å². The Morgan fingerprint density at radius 1 is 1.27 bits per heavy atom. The molecule has 0 N–H and O–H groups in total. The summed E-state index contributed by atoms with van der Waals surface area (Å²) in [5.41, 5.74) is 1.18. The third kappa shape index (κ3) is 4.91. The molecule has 1 aliphatic heterocycles.